The topological polar surface area (TPSA) is 49.4 Å². The number of para-hydroxylation sites is 1. The average Bonchev–Trinajstić information content (AvgIpc) is 2.37. The summed E-state index contributed by atoms with van der Waals surface area (Å²) in [6, 6.07) is 5.95. The fourth-order valence-electron chi connectivity index (χ4n) is 2.40. The molecule has 0 atom stereocenters. The Balaban J connectivity index is 2.43. The molecule has 1 N–H and O–H groups in total. The van der Waals surface area contributed by atoms with Gasteiger partial charge in [0.05, 0.1) is 10.6 Å². The van der Waals surface area contributed by atoms with Crippen LogP contribution in [0.5, 0.6) is 0 Å². The average molecular weight is 304 g/mol. The van der Waals surface area contributed by atoms with Gasteiger partial charge in [0.15, 0.2) is 0 Å². The molecule has 1 saturated heterocycles. The van der Waals surface area contributed by atoms with Crippen molar-refractivity contribution in [2.45, 2.75) is 30.0 Å². The van der Waals surface area contributed by atoms with Crippen molar-refractivity contribution in [1.82, 2.24) is 5.32 Å². The number of rotatable bonds is 3. The summed E-state index contributed by atoms with van der Waals surface area (Å²) in [5, 5.41) is 3.30. The van der Waals surface area contributed by atoms with E-state index in [4.69, 9.17) is 0 Å². The Kier molecular flexibility index (Phi) is 4.02. The molecule has 1 aromatic carbocycles. The van der Waals surface area contributed by atoms with Crippen LogP contribution < -0.4 is 10.2 Å². The second kappa shape index (κ2) is 5.29. The minimum Gasteiger partial charge on any atom is -0.367 e. The highest BCUT2D eigenvalue weighted by Gasteiger charge is 2.33. The maximum absolute atomic E-state index is 12.8. The lowest BCUT2D eigenvalue weighted by atomic mass is 10.0. The van der Waals surface area contributed by atoms with Gasteiger partial charge in [-0.1, -0.05) is 12.1 Å². The lowest BCUT2D eigenvalue weighted by Gasteiger charge is -2.41. The molecular formula is C13H18F2N2O2S. The zero-order valence-corrected chi connectivity index (χ0v) is 12.3. The normalized spacial score (nSPS) is 19.4. The van der Waals surface area contributed by atoms with Crippen LogP contribution in [0.15, 0.2) is 29.2 Å². The summed E-state index contributed by atoms with van der Waals surface area (Å²) in [5.41, 5.74) is 0.155. The van der Waals surface area contributed by atoms with Crippen LogP contribution in [0.3, 0.4) is 0 Å². The fraction of sp³-hybridized carbons (Fsp3) is 0.538. The molecule has 1 aliphatic rings. The number of halogens is 2. The van der Waals surface area contributed by atoms with Crippen LogP contribution in [0.25, 0.3) is 0 Å². The van der Waals surface area contributed by atoms with E-state index >= 15 is 0 Å². The zero-order chi connectivity index (χ0) is 15.0. The Morgan fingerprint density at radius 2 is 1.95 bits per heavy atom. The first kappa shape index (κ1) is 15.2. The van der Waals surface area contributed by atoms with Gasteiger partial charge in [-0.05, 0) is 26.0 Å². The third-order valence-corrected chi connectivity index (χ3v) is 4.75. The highest BCUT2D eigenvalue weighted by molar-refractivity contribution is 7.91. The van der Waals surface area contributed by atoms with Crippen molar-refractivity contribution >= 4 is 15.5 Å². The molecule has 0 amide bonds. The Labute approximate surface area is 117 Å². The van der Waals surface area contributed by atoms with Gasteiger partial charge >= 0.3 is 5.76 Å². The van der Waals surface area contributed by atoms with Crippen LogP contribution in [0.2, 0.25) is 0 Å². The van der Waals surface area contributed by atoms with Crippen LogP contribution in [0.4, 0.5) is 14.5 Å². The van der Waals surface area contributed by atoms with Gasteiger partial charge in [-0.3, -0.25) is 0 Å². The van der Waals surface area contributed by atoms with Crippen LogP contribution in [0.1, 0.15) is 13.8 Å². The van der Waals surface area contributed by atoms with E-state index in [9.17, 15) is 17.2 Å². The zero-order valence-electron chi connectivity index (χ0n) is 11.4. The highest BCUT2D eigenvalue weighted by Crippen LogP contribution is 2.30. The summed E-state index contributed by atoms with van der Waals surface area (Å²) in [6.07, 6.45) is 0. The number of anilines is 1. The minimum atomic E-state index is -4.59. The molecular weight excluding hydrogens is 286 g/mol. The van der Waals surface area contributed by atoms with Gasteiger partial charge in [0.1, 0.15) is 0 Å². The van der Waals surface area contributed by atoms with E-state index in [1.54, 1.807) is 12.1 Å². The molecule has 1 fully saturated rings. The predicted molar refractivity (Wildman–Crippen MR) is 73.9 cm³/mol. The Morgan fingerprint density at radius 3 is 2.55 bits per heavy atom. The van der Waals surface area contributed by atoms with Crippen LogP contribution >= 0.6 is 0 Å². The van der Waals surface area contributed by atoms with Gasteiger partial charge in [-0.15, -0.1) is 0 Å². The van der Waals surface area contributed by atoms with Crippen molar-refractivity contribution in [2.24, 2.45) is 0 Å². The summed E-state index contributed by atoms with van der Waals surface area (Å²) in [6.45, 7) is 5.80. The molecule has 0 aliphatic carbocycles. The number of alkyl halides is 2. The van der Waals surface area contributed by atoms with Crippen molar-refractivity contribution in [3.05, 3.63) is 24.3 Å². The van der Waals surface area contributed by atoms with Crippen molar-refractivity contribution in [3.63, 3.8) is 0 Å². The Morgan fingerprint density at radius 1 is 1.30 bits per heavy atom. The van der Waals surface area contributed by atoms with Crippen molar-refractivity contribution < 1.29 is 17.2 Å². The van der Waals surface area contributed by atoms with E-state index in [1.165, 1.54) is 12.1 Å². The predicted octanol–water partition coefficient (Wildman–Crippen LogP) is 1.87. The second-order valence-corrected chi connectivity index (χ2v) is 7.39. The number of benzene rings is 1. The van der Waals surface area contributed by atoms with E-state index < -0.39 is 15.6 Å². The van der Waals surface area contributed by atoms with Crippen LogP contribution in [0, 0.1) is 0 Å². The quantitative estimate of drug-likeness (QED) is 0.926. The van der Waals surface area contributed by atoms with Crippen molar-refractivity contribution in [3.8, 4) is 0 Å². The molecule has 0 unspecified atom stereocenters. The Hall–Kier alpha value is -1.21. The van der Waals surface area contributed by atoms with E-state index in [2.05, 4.69) is 5.32 Å². The number of hydrogen-bond donors (Lipinski definition) is 1. The number of piperazine rings is 1. The van der Waals surface area contributed by atoms with Gasteiger partial charge in [0, 0.05) is 25.2 Å². The molecule has 0 bridgehead atoms. The van der Waals surface area contributed by atoms with Crippen LogP contribution in [-0.2, 0) is 9.84 Å². The van der Waals surface area contributed by atoms with E-state index in [0.29, 0.717) is 25.3 Å². The van der Waals surface area contributed by atoms with E-state index in [0.717, 1.165) is 0 Å². The molecule has 7 heteroatoms. The maximum atomic E-state index is 12.8. The standard InChI is InChI=1S/C13H18F2N2O2S/c1-13(2)9-17(8-7-16-13)10-5-3-4-6-11(10)20(18,19)12(14)15/h3-6,12,16H,7-9H2,1-2H3. The van der Waals surface area contributed by atoms with Gasteiger partial charge in [-0.25, -0.2) is 8.42 Å². The smallest absolute Gasteiger partial charge is 0.341 e. The van der Waals surface area contributed by atoms with Crippen LogP contribution in [-0.4, -0.2) is 39.3 Å². The first-order valence-corrected chi connectivity index (χ1v) is 7.90. The molecule has 0 aromatic heterocycles. The molecule has 2 rings (SSSR count). The van der Waals surface area contributed by atoms with E-state index in [1.807, 2.05) is 18.7 Å². The molecule has 1 aliphatic heterocycles. The van der Waals surface area contributed by atoms with Gasteiger partial charge in [-0.2, -0.15) is 8.78 Å². The first-order valence-electron chi connectivity index (χ1n) is 6.35. The molecule has 0 spiro atoms. The molecule has 112 valence electrons. The molecule has 4 nitrogen and oxygen atoms in total. The van der Waals surface area contributed by atoms with Gasteiger partial charge in [0.25, 0.3) is 0 Å². The lowest BCUT2D eigenvalue weighted by Crippen LogP contribution is -2.57. The molecule has 1 heterocycles. The molecule has 20 heavy (non-hydrogen) atoms. The van der Waals surface area contributed by atoms with Gasteiger partial charge in [0.2, 0.25) is 9.84 Å². The minimum absolute atomic E-state index is 0.194. The first-order chi connectivity index (χ1) is 9.24. The highest BCUT2D eigenvalue weighted by atomic mass is 32.2. The monoisotopic (exact) mass is 304 g/mol. The Bertz CT molecular complexity index is 588. The lowest BCUT2D eigenvalue weighted by molar-refractivity contribution is 0.234. The van der Waals surface area contributed by atoms with Crippen molar-refractivity contribution in [2.75, 3.05) is 24.5 Å². The maximum Gasteiger partial charge on any atom is 0.341 e. The SMILES string of the molecule is CC1(C)CN(c2ccccc2S(=O)(=O)C(F)F)CCN1. The van der Waals surface area contributed by atoms with Gasteiger partial charge < -0.3 is 10.2 Å². The molecule has 0 radical (unpaired) electrons. The summed E-state index contributed by atoms with van der Waals surface area (Å²) < 4.78 is 49.1. The summed E-state index contributed by atoms with van der Waals surface area (Å²) in [5.74, 6) is -3.40. The number of hydrogen-bond acceptors (Lipinski definition) is 4. The fourth-order valence-corrected chi connectivity index (χ4v) is 3.35. The van der Waals surface area contributed by atoms with E-state index in [-0.39, 0.29) is 10.4 Å². The third kappa shape index (κ3) is 2.93. The number of nitrogens with one attached hydrogen (secondary N) is 1. The molecule has 0 saturated carbocycles. The number of sulfone groups is 1. The third-order valence-electron chi connectivity index (χ3n) is 3.32. The summed E-state index contributed by atoms with van der Waals surface area (Å²) >= 11 is 0. The summed E-state index contributed by atoms with van der Waals surface area (Å²) in [7, 11) is -4.59. The second-order valence-electron chi connectivity index (χ2n) is 5.51. The molecule has 1 aromatic rings. The number of nitrogens with zero attached hydrogens (tertiary/aromatic N) is 1. The van der Waals surface area contributed by atoms with Crippen molar-refractivity contribution in [1.29, 1.82) is 0 Å². The largest absolute Gasteiger partial charge is 0.367 e. The summed E-state index contributed by atoms with van der Waals surface area (Å²) in [4.78, 5) is 1.54.